The second-order valence-electron chi connectivity index (χ2n) is 12.1. The van der Waals surface area contributed by atoms with E-state index in [1.807, 2.05) is 0 Å². The number of rotatable bonds is 12. The Hall–Kier alpha value is -4.61. The van der Waals surface area contributed by atoms with Gasteiger partial charge in [-0.25, -0.2) is 9.59 Å². The van der Waals surface area contributed by atoms with E-state index in [1.165, 1.54) is 18.2 Å². The molecule has 0 aliphatic rings. The molecule has 0 unspecified atom stereocenters. The van der Waals surface area contributed by atoms with Gasteiger partial charge >= 0.3 is 17.9 Å². The van der Waals surface area contributed by atoms with Crippen LogP contribution in [-0.4, -0.2) is 57.2 Å². The molecule has 0 aromatic heterocycles. The summed E-state index contributed by atoms with van der Waals surface area (Å²) in [7, 11) is 0. The molecule has 0 saturated heterocycles. The van der Waals surface area contributed by atoms with Crippen molar-refractivity contribution < 1.29 is 38.9 Å². The SMILES string of the molecule is CC(C)(C)OC(=O)C[C@H](NC(=O)CCc1cccc(O)c1CCc1cc(NC(=N)N)ccc1C(=O)O)C(=O)OC(C)(C)C. The number of amides is 1. The molecular formula is C31H42N4O8. The van der Waals surface area contributed by atoms with E-state index in [9.17, 15) is 29.4 Å². The highest BCUT2D eigenvalue weighted by atomic mass is 16.6. The van der Waals surface area contributed by atoms with Crippen molar-refractivity contribution in [3.8, 4) is 5.75 Å². The summed E-state index contributed by atoms with van der Waals surface area (Å²) in [4.78, 5) is 50.0. The number of phenolic OH excluding ortho intramolecular Hbond substituents is 1. The fourth-order valence-corrected chi connectivity index (χ4v) is 4.28. The second-order valence-corrected chi connectivity index (χ2v) is 12.1. The number of carboxylic acid groups (broad SMARTS) is 1. The van der Waals surface area contributed by atoms with Crippen LogP contribution < -0.4 is 16.4 Å². The minimum atomic E-state index is -1.25. The number of phenols is 1. The molecule has 0 radical (unpaired) electrons. The molecule has 1 amide bonds. The van der Waals surface area contributed by atoms with Crippen molar-refractivity contribution in [2.45, 2.75) is 90.9 Å². The van der Waals surface area contributed by atoms with Crippen LogP contribution in [0.4, 0.5) is 5.69 Å². The lowest BCUT2D eigenvalue weighted by Crippen LogP contribution is -2.46. The Morgan fingerprint density at radius 2 is 1.58 bits per heavy atom. The van der Waals surface area contributed by atoms with Crippen LogP contribution >= 0.6 is 0 Å². The van der Waals surface area contributed by atoms with Crippen molar-refractivity contribution in [1.82, 2.24) is 5.32 Å². The number of carbonyl (C=O) groups is 4. The van der Waals surface area contributed by atoms with Gasteiger partial charge in [0.15, 0.2) is 5.96 Å². The van der Waals surface area contributed by atoms with Crippen molar-refractivity contribution in [2.24, 2.45) is 5.73 Å². The topological polar surface area (TPSA) is 201 Å². The Kier molecular flexibility index (Phi) is 11.7. The fraction of sp³-hybridized carbons (Fsp3) is 0.452. The molecule has 2 rings (SSSR count). The molecule has 12 nitrogen and oxygen atoms in total. The van der Waals surface area contributed by atoms with E-state index in [-0.39, 0.29) is 43.0 Å². The number of aromatic hydroxyl groups is 1. The highest BCUT2D eigenvalue weighted by Crippen LogP contribution is 2.26. The number of ether oxygens (including phenoxy) is 2. The van der Waals surface area contributed by atoms with Crippen LogP contribution in [0.1, 0.15) is 81.4 Å². The van der Waals surface area contributed by atoms with Crippen LogP contribution in [0.25, 0.3) is 0 Å². The first kappa shape index (κ1) is 34.6. The Balaban J connectivity index is 2.19. The van der Waals surface area contributed by atoms with Gasteiger partial charge in [0.1, 0.15) is 23.0 Å². The van der Waals surface area contributed by atoms with Gasteiger partial charge in [-0.05, 0) is 102 Å². The van der Waals surface area contributed by atoms with Crippen molar-refractivity contribution in [1.29, 1.82) is 5.41 Å². The maximum absolute atomic E-state index is 13.0. The zero-order chi connectivity index (χ0) is 32.5. The zero-order valence-corrected chi connectivity index (χ0v) is 25.5. The molecule has 7 N–H and O–H groups in total. The number of carboxylic acids is 1. The molecule has 0 spiro atoms. The smallest absolute Gasteiger partial charge is 0.335 e. The zero-order valence-electron chi connectivity index (χ0n) is 25.5. The third kappa shape index (κ3) is 12.0. The number of aryl methyl sites for hydroxylation is 2. The summed E-state index contributed by atoms with van der Waals surface area (Å²) in [6.07, 6.45) is 0.219. The van der Waals surface area contributed by atoms with E-state index in [1.54, 1.807) is 59.7 Å². The number of carbonyl (C=O) groups excluding carboxylic acids is 3. The van der Waals surface area contributed by atoms with Gasteiger partial charge < -0.3 is 36.1 Å². The average Bonchev–Trinajstić information content (AvgIpc) is 2.84. The standard InChI is InChI=1S/C31H42N4O8/c1-30(2,3)42-26(38)17-23(28(41)43-31(4,5)6)35-25(37)15-11-18-8-7-9-24(36)21(18)13-10-19-16-20(34-29(32)33)12-14-22(19)27(39)40/h7-9,12,14,16,23,36H,10-11,13,15,17H2,1-6H3,(H,35,37)(H,39,40)(H4,32,33,34)/t23-/m0/s1. The van der Waals surface area contributed by atoms with E-state index in [4.69, 9.17) is 20.6 Å². The summed E-state index contributed by atoms with van der Waals surface area (Å²) in [5, 5.41) is 32.9. The van der Waals surface area contributed by atoms with Gasteiger partial charge in [-0.3, -0.25) is 15.0 Å². The van der Waals surface area contributed by atoms with Crippen molar-refractivity contribution in [3.05, 3.63) is 58.7 Å². The first-order valence-corrected chi connectivity index (χ1v) is 13.9. The van der Waals surface area contributed by atoms with Crippen LogP contribution in [0.3, 0.4) is 0 Å². The lowest BCUT2D eigenvalue weighted by Gasteiger charge is -2.25. The van der Waals surface area contributed by atoms with Gasteiger partial charge in [0.05, 0.1) is 12.0 Å². The molecular weight excluding hydrogens is 556 g/mol. The predicted molar refractivity (Wildman–Crippen MR) is 161 cm³/mol. The summed E-state index contributed by atoms with van der Waals surface area (Å²) < 4.78 is 10.7. The van der Waals surface area contributed by atoms with Gasteiger partial charge in [-0.15, -0.1) is 0 Å². The van der Waals surface area contributed by atoms with Crippen molar-refractivity contribution in [2.75, 3.05) is 5.32 Å². The number of benzene rings is 2. The van der Waals surface area contributed by atoms with Crippen molar-refractivity contribution >= 4 is 35.5 Å². The Labute approximate surface area is 251 Å². The molecule has 1 atom stereocenters. The summed E-state index contributed by atoms with van der Waals surface area (Å²) in [6.45, 7) is 10.1. The summed E-state index contributed by atoms with van der Waals surface area (Å²) in [5.74, 6) is -3.36. The fourth-order valence-electron chi connectivity index (χ4n) is 4.28. The monoisotopic (exact) mass is 598 g/mol. The van der Waals surface area contributed by atoms with Gasteiger partial charge in [-0.1, -0.05) is 12.1 Å². The number of guanidine groups is 1. The van der Waals surface area contributed by atoms with E-state index < -0.39 is 47.5 Å². The van der Waals surface area contributed by atoms with E-state index in [0.717, 1.165) is 0 Å². The number of anilines is 1. The molecule has 2 aromatic rings. The number of esters is 2. The lowest BCUT2D eigenvalue weighted by atomic mass is 9.94. The van der Waals surface area contributed by atoms with E-state index in [2.05, 4.69) is 10.6 Å². The third-order valence-corrected chi connectivity index (χ3v) is 5.95. The number of aromatic carboxylic acids is 1. The molecule has 0 fully saturated rings. The maximum Gasteiger partial charge on any atom is 0.335 e. The average molecular weight is 599 g/mol. The molecule has 0 aliphatic heterocycles. The number of hydrogen-bond donors (Lipinski definition) is 6. The highest BCUT2D eigenvalue weighted by Gasteiger charge is 2.31. The first-order valence-electron chi connectivity index (χ1n) is 13.9. The number of hydrogen-bond acceptors (Lipinski definition) is 8. The summed E-state index contributed by atoms with van der Waals surface area (Å²) in [6, 6.07) is 8.14. The normalized spacial score (nSPS) is 12.1. The minimum absolute atomic E-state index is 0.00986. The van der Waals surface area contributed by atoms with Gasteiger partial charge in [0.2, 0.25) is 5.91 Å². The number of nitrogens with one attached hydrogen (secondary N) is 3. The van der Waals surface area contributed by atoms with Crippen LogP contribution in [0, 0.1) is 5.41 Å². The molecule has 0 saturated carbocycles. The summed E-state index contributed by atoms with van der Waals surface area (Å²) >= 11 is 0. The van der Waals surface area contributed by atoms with E-state index >= 15 is 0 Å². The third-order valence-electron chi connectivity index (χ3n) is 5.95. The predicted octanol–water partition coefficient (Wildman–Crippen LogP) is 3.67. The van der Waals surface area contributed by atoms with Gasteiger partial charge in [0, 0.05) is 12.1 Å². The molecule has 43 heavy (non-hydrogen) atoms. The molecule has 2 aromatic carbocycles. The van der Waals surface area contributed by atoms with Gasteiger partial charge in [-0.2, -0.15) is 0 Å². The maximum atomic E-state index is 13.0. The number of nitrogens with two attached hydrogens (primary N) is 1. The molecule has 0 bridgehead atoms. The summed E-state index contributed by atoms with van der Waals surface area (Å²) in [5.41, 5.74) is 5.97. The molecule has 12 heteroatoms. The molecule has 0 aliphatic carbocycles. The molecule has 234 valence electrons. The van der Waals surface area contributed by atoms with Crippen LogP contribution in [0.5, 0.6) is 5.75 Å². The van der Waals surface area contributed by atoms with Crippen molar-refractivity contribution in [3.63, 3.8) is 0 Å². The Bertz CT molecular complexity index is 1360. The first-order chi connectivity index (χ1) is 19.8. The van der Waals surface area contributed by atoms with Crippen LogP contribution in [0.15, 0.2) is 36.4 Å². The quantitative estimate of drug-likeness (QED) is 0.119. The second kappa shape index (κ2) is 14.5. The van der Waals surface area contributed by atoms with Crippen LogP contribution in [0.2, 0.25) is 0 Å². The Morgan fingerprint density at radius 1 is 0.930 bits per heavy atom. The largest absolute Gasteiger partial charge is 0.508 e. The van der Waals surface area contributed by atoms with Crippen LogP contribution in [-0.2, 0) is 43.1 Å². The van der Waals surface area contributed by atoms with E-state index in [0.29, 0.717) is 22.4 Å². The molecule has 0 heterocycles. The Morgan fingerprint density at radius 3 is 2.16 bits per heavy atom. The highest BCUT2D eigenvalue weighted by molar-refractivity contribution is 5.93. The lowest BCUT2D eigenvalue weighted by molar-refractivity contribution is -0.165. The minimum Gasteiger partial charge on any atom is -0.508 e. The van der Waals surface area contributed by atoms with Gasteiger partial charge in [0.25, 0.3) is 0 Å².